The summed E-state index contributed by atoms with van der Waals surface area (Å²) in [6.45, 7) is 10.8. The molecule has 0 aromatic carbocycles. The molecule has 0 spiro atoms. The smallest absolute Gasteiger partial charge is 0.306 e. The quantitative estimate of drug-likeness (QED) is 0.585. The molecule has 1 rings (SSSR count). The Balaban J connectivity index is 2.78. The molecular weight excluding hydrogens is 164 g/mol. The van der Waals surface area contributed by atoms with Gasteiger partial charge in [-0.25, -0.2) is 0 Å². The Kier molecular flexibility index (Phi) is 2.69. The van der Waals surface area contributed by atoms with E-state index in [-0.39, 0.29) is 17.5 Å². The Morgan fingerprint density at radius 2 is 1.92 bits per heavy atom. The summed E-state index contributed by atoms with van der Waals surface area (Å²) in [5.74, 6) is 0.772. The maximum Gasteiger partial charge on any atom is 0.306 e. The molecule has 2 nitrogen and oxygen atoms in total. The summed E-state index contributed by atoms with van der Waals surface area (Å²) in [6, 6.07) is 0. The minimum atomic E-state index is -0.0291. The highest BCUT2D eigenvalue weighted by Crippen LogP contribution is 2.40. The summed E-state index contributed by atoms with van der Waals surface area (Å²) >= 11 is 0. The topological polar surface area (TPSA) is 26.3 Å². The van der Waals surface area contributed by atoms with E-state index in [1.165, 1.54) is 0 Å². The zero-order valence-corrected chi connectivity index (χ0v) is 9.26. The fourth-order valence-corrected chi connectivity index (χ4v) is 1.98. The molecule has 0 aliphatic carbocycles. The van der Waals surface area contributed by atoms with E-state index in [2.05, 4.69) is 34.6 Å². The van der Waals surface area contributed by atoms with E-state index < -0.39 is 0 Å². The van der Waals surface area contributed by atoms with Gasteiger partial charge in [-0.15, -0.1) is 0 Å². The summed E-state index contributed by atoms with van der Waals surface area (Å²) in [5, 5.41) is 0. The number of hydrogen-bond acceptors (Lipinski definition) is 2. The molecule has 0 radical (unpaired) electrons. The van der Waals surface area contributed by atoms with Crippen LogP contribution in [0.4, 0.5) is 0 Å². The average molecular weight is 184 g/mol. The van der Waals surface area contributed by atoms with Gasteiger partial charge in [-0.1, -0.05) is 34.6 Å². The average Bonchev–Trinajstić information content (AvgIpc) is 2.29. The molecule has 1 saturated heterocycles. The number of rotatable bonds is 1. The zero-order valence-electron chi connectivity index (χ0n) is 9.26. The van der Waals surface area contributed by atoms with Crippen LogP contribution in [0.5, 0.6) is 0 Å². The third-order valence-electron chi connectivity index (χ3n) is 2.82. The molecule has 2 heteroatoms. The monoisotopic (exact) mass is 184 g/mol. The van der Waals surface area contributed by atoms with Gasteiger partial charge in [0.25, 0.3) is 0 Å². The van der Waals surface area contributed by atoms with Crippen LogP contribution >= 0.6 is 0 Å². The molecule has 1 heterocycles. The van der Waals surface area contributed by atoms with Gasteiger partial charge in [-0.05, 0) is 11.3 Å². The van der Waals surface area contributed by atoms with Crippen LogP contribution in [0.1, 0.15) is 41.0 Å². The van der Waals surface area contributed by atoms with E-state index in [0.717, 1.165) is 0 Å². The summed E-state index contributed by atoms with van der Waals surface area (Å²) in [6.07, 6.45) is 0.708. The van der Waals surface area contributed by atoms with Gasteiger partial charge in [0.1, 0.15) is 6.10 Å². The normalized spacial score (nSPS) is 29.5. The highest BCUT2D eigenvalue weighted by atomic mass is 16.6. The maximum absolute atomic E-state index is 11.2. The lowest BCUT2D eigenvalue weighted by molar-refractivity contribution is -0.143. The van der Waals surface area contributed by atoms with Crippen molar-refractivity contribution in [2.24, 2.45) is 17.3 Å². The van der Waals surface area contributed by atoms with Crippen molar-refractivity contribution >= 4 is 5.97 Å². The van der Waals surface area contributed by atoms with Gasteiger partial charge in [0.05, 0.1) is 6.42 Å². The molecule has 0 bridgehead atoms. The van der Waals surface area contributed by atoms with Crippen molar-refractivity contribution in [1.29, 1.82) is 0 Å². The van der Waals surface area contributed by atoms with Gasteiger partial charge in [-0.3, -0.25) is 4.79 Å². The van der Waals surface area contributed by atoms with Crippen LogP contribution in [-0.4, -0.2) is 12.1 Å². The number of esters is 1. The first-order valence-corrected chi connectivity index (χ1v) is 5.02. The first kappa shape index (κ1) is 10.6. The Hall–Kier alpha value is -0.530. The molecule has 0 aromatic rings. The Labute approximate surface area is 80.7 Å². The van der Waals surface area contributed by atoms with Gasteiger partial charge in [0, 0.05) is 5.92 Å². The van der Waals surface area contributed by atoms with Crippen LogP contribution in [0.2, 0.25) is 0 Å². The van der Waals surface area contributed by atoms with Gasteiger partial charge in [-0.2, -0.15) is 0 Å². The molecule has 0 amide bonds. The van der Waals surface area contributed by atoms with Gasteiger partial charge >= 0.3 is 5.97 Å². The van der Waals surface area contributed by atoms with E-state index in [0.29, 0.717) is 18.3 Å². The van der Waals surface area contributed by atoms with Crippen LogP contribution < -0.4 is 0 Å². The van der Waals surface area contributed by atoms with E-state index in [1.54, 1.807) is 0 Å². The van der Waals surface area contributed by atoms with Gasteiger partial charge in [0.15, 0.2) is 0 Å². The number of hydrogen-bond donors (Lipinski definition) is 0. The first-order chi connectivity index (χ1) is 5.82. The molecule has 1 aliphatic heterocycles. The highest BCUT2D eigenvalue weighted by Gasteiger charge is 2.43. The van der Waals surface area contributed by atoms with Crippen LogP contribution in [0.3, 0.4) is 0 Å². The van der Waals surface area contributed by atoms with Crippen LogP contribution in [0.25, 0.3) is 0 Å². The first-order valence-electron chi connectivity index (χ1n) is 5.02. The Morgan fingerprint density at radius 3 is 2.23 bits per heavy atom. The van der Waals surface area contributed by atoms with E-state index in [1.807, 2.05) is 0 Å². The largest absolute Gasteiger partial charge is 0.462 e. The molecule has 13 heavy (non-hydrogen) atoms. The summed E-state index contributed by atoms with van der Waals surface area (Å²) in [4.78, 5) is 11.2. The Morgan fingerprint density at radius 1 is 1.38 bits per heavy atom. The number of ether oxygens (including phenoxy) is 1. The second kappa shape index (κ2) is 3.32. The predicted octanol–water partition coefficient (Wildman–Crippen LogP) is 2.62. The summed E-state index contributed by atoms with van der Waals surface area (Å²) in [5.41, 5.74) is 0.168. The zero-order chi connectivity index (χ0) is 10.2. The van der Waals surface area contributed by atoms with Gasteiger partial charge in [0.2, 0.25) is 0 Å². The second-order valence-corrected chi connectivity index (χ2v) is 5.38. The number of carbonyl (C=O) groups excluding carboxylic acids is 1. The van der Waals surface area contributed by atoms with Crippen molar-refractivity contribution in [3.05, 3.63) is 0 Å². The number of cyclic esters (lactones) is 1. The second-order valence-electron chi connectivity index (χ2n) is 5.38. The van der Waals surface area contributed by atoms with Crippen molar-refractivity contribution in [2.45, 2.75) is 47.1 Å². The standard InChI is InChI=1S/C11H20O2/c1-7(2)10-8(11(3,4)5)6-9(12)13-10/h7-8,10H,6H2,1-5H3/t8-,10-/m0/s1. The molecule has 0 unspecified atom stereocenters. The summed E-state index contributed by atoms with van der Waals surface area (Å²) < 4.78 is 5.32. The van der Waals surface area contributed by atoms with E-state index in [9.17, 15) is 4.79 Å². The van der Waals surface area contributed by atoms with Crippen molar-refractivity contribution in [2.75, 3.05) is 0 Å². The maximum atomic E-state index is 11.2. The molecule has 2 atom stereocenters. The van der Waals surface area contributed by atoms with E-state index >= 15 is 0 Å². The van der Waals surface area contributed by atoms with Crippen LogP contribution in [-0.2, 0) is 9.53 Å². The van der Waals surface area contributed by atoms with Crippen molar-refractivity contribution < 1.29 is 9.53 Å². The van der Waals surface area contributed by atoms with Crippen LogP contribution in [0, 0.1) is 17.3 Å². The molecule has 1 fully saturated rings. The lowest BCUT2D eigenvalue weighted by atomic mass is 9.74. The third-order valence-corrected chi connectivity index (χ3v) is 2.82. The fraction of sp³-hybridized carbons (Fsp3) is 0.909. The minimum Gasteiger partial charge on any atom is -0.462 e. The third kappa shape index (κ3) is 2.23. The van der Waals surface area contributed by atoms with E-state index in [4.69, 9.17) is 4.74 Å². The van der Waals surface area contributed by atoms with Crippen molar-refractivity contribution in [1.82, 2.24) is 0 Å². The molecule has 0 saturated carbocycles. The predicted molar refractivity (Wildman–Crippen MR) is 52.3 cm³/mol. The van der Waals surface area contributed by atoms with Crippen molar-refractivity contribution in [3.8, 4) is 0 Å². The fourth-order valence-electron chi connectivity index (χ4n) is 1.98. The molecule has 0 N–H and O–H groups in total. The molecule has 0 aromatic heterocycles. The SMILES string of the molecule is CC(C)[C@@H]1OC(=O)C[C@@H]1C(C)(C)C. The minimum absolute atomic E-state index is 0.0291. The van der Waals surface area contributed by atoms with Crippen molar-refractivity contribution in [3.63, 3.8) is 0 Å². The molecular formula is C11H20O2. The van der Waals surface area contributed by atoms with Crippen LogP contribution in [0.15, 0.2) is 0 Å². The summed E-state index contributed by atoms with van der Waals surface area (Å²) in [7, 11) is 0. The molecule has 1 aliphatic rings. The molecule has 76 valence electrons. The lowest BCUT2D eigenvalue weighted by Gasteiger charge is -2.31. The number of carbonyl (C=O) groups is 1. The lowest BCUT2D eigenvalue weighted by Crippen LogP contribution is -2.32. The highest BCUT2D eigenvalue weighted by molar-refractivity contribution is 5.72. The van der Waals surface area contributed by atoms with Gasteiger partial charge < -0.3 is 4.74 Å². The Bertz CT molecular complexity index is 201.